The first-order valence-corrected chi connectivity index (χ1v) is 11.5. The van der Waals surface area contributed by atoms with Gasteiger partial charge in [0.25, 0.3) is 5.91 Å². The Hall–Kier alpha value is -3.93. The van der Waals surface area contributed by atoms with E-state index >= 15 is 0 Å². The highest BCUT2D eigenvalue weighted by Crippen LogP contribution is 2.33. The lowest BCUT2D eigenvalue weighted by Crippen LogP contribution is -2.31. The van der Waals surface area contributed by atoms with E-state index in [0.717, 1.165) is 29.8 Å². The second-order valence-corrected chi connectivity index (χ2v) is 8.01. The van der Waals surface area contributed by atoms with Gasteiger partial charge in [-0.1, -0.05) is 71.9 Å². The van der Waals surface area contributed by atoms with Crippen LogP contribution in [0.5, 0.6) is 0 Å². The van der Waals surface area contributed by atoms with E-state index < -0.39 is 5.82 Å². The minimum atomic E-state index is -0.440. The Bertz CT molecular complexity index is 1220. The lowest BCUT2D eigenvalue weighted by molar-refractivity contribution is 0.0730. The zero-order chi connectivity index (χ0) is 23.9. The fourth-order valence-electron chi connectivity index (χ4n) is 4.02. The third-order valence-electron chi connectivity index (χ3n) is 5.79. The molecule has 0 unspecified atom stereocenters. The second kappa shape index (κ2) is 10.8. The van der Waals surface area contributed by atoms with Crippen molar-refractivity contribution in [2.45, 2.75) is 26.9 Å². The van der Waals surface area contributed by atoms with E-state index in [1.807, 2.05) is 60.7 Å². The highest BCUT2D eigenvalue weighted by molar-refractivity contribution is 5.94. The number of benzene rings is 3. The van der Waals surface area contributed by atoms with E-state index in [4.69, 9.17) is 4.52 Å². The van der Waals surface area contributed by atoms with Crippen molar-refractivity contribution in [3.63, 3.8) is 0 Å². The van der Waals surface area contributed by atoms with Crippen LogP contribution in [0.1, 0.15) is 35.3 Å². The van der Waals surface area contributed by atoms with Crippen LogP contribution < -0.4 is 4.90 Å². The molecule has 0 spiro atoms. The minimum absolute atomic E-state index is 0.255. The van der Waals surface area contributed by atoms with Crippen LogP contribution in [0.2, 0.25) is 0 Å². The van der Waals surface area contributed by atoms with Gasteiger partial charge in [-0.25, -0.2) is 4.39 Å². The first kappa shape index (κ1) is 23.2. The summed E-state index contributed by atoms with van der Waals surface area (Å²) in [6.07, 6.45) is 0. The number of rotatable bonds is 9. The lowest BCUT2D eigenvalue weighted by Gasteiger charge is -2.25. The summed E-state index contributed by atoms with van der Waals surface area (Å²) in [5, 5.41) is 4.39. The SMILES string of the molecule is CCN(CC)c1onc(-c2ccccc2)c1CN(Cc1ccccc1)C(=O)c1cccc(F)c1. The van der Waals surface area contributed by atoms with E-state index in [0.29, 0.717) is 23.7 Å². The van der Waals surface area contributed by atoms with Crippen LogP contribution in [-0.4, -0.2) is 29.1 Å². The van der Waals surface area contributed by atoms with Gasteiger partial charge in [0.15, 0.2) is 0 Å². The summed E-state index contributed by atoms with van der Waals surface area (Å²) >= 11 is 0. The van der Waals surface area contributed by atoms with Gasteiger partial charge in [0, 0.05) is 30.8 Å². The molecule has 0 atom stereocenters. The molecule has 0 aliphatic carbocycles. The standard InChI is InChI=1S/C28H28FN3O2/c1-3-31(4-2)28-25(26(30-34-28)22-14-9-6-10-15-22)20-32(19-21-12-7-5-8-13-21)27(33)23-16-11-17-24(29)18-23/h5-18H,3-4,19-20H2,1-2H3. The molecule has 0 saturated carbocycles. The third kappa shape index (κ3) is 5.17. The van der Waals surface area contributed by atoms with E-state index in [9.17, 15) is 9.18 Å². The summed E-state index contributed by atoms with van der Waals surface area (Å²) in [6, 6.07) is 25.4. The van der Waals surface area contributed by atoms with Crippen LogP contribution in [0.4, 0.5) is 10.3 Å². The molecule has 1 heterocycles. The Labute approximate surface area is 199 Å². The number of aromatic nitrogens is 1. The maximum atomic E-state index is 13.9. The molecule has 5 nitrogen and oxygen atoms in total. The van der Waals surface area contributed by atoms with E-state index in [-0.39, 0.29) is 12.5 Å². The first-order chi connectivity index (χ1) is 16.6. The predicted molar refractivity (Wildman–Crippen MR) is 132 cm³/mol. The average Bonchev–Trinajstić information content (AvgIpc) is 3.28. The second-order valence-electron chi connectivity index (χ2n) is 8.01. The minimum Gasteiger partial charge on any atom is -0.341 e. The Morgan fingerprint density at radius 3 is 2.21 bits per heavy atom. The summed E-state index contributed by atoms with van der Waals surface area (Å²) in [5.74, 6) is -0.0488. The highest BCUT2D eigenvalue weighted by Gasteiger charge is 2.26. The number of carbonyl (C=O) groups is 1. The number of hydrogen-bond acceptors (Lipinski definition) is 4. The van der Waals surface area contributed by atoms with Crippen LogP contribution in [0.15, 0.2) is 89.5 Å². The topological polar surface area (TPSA) is 49.6 Å². The Morgan fingerprint density at radius 1 is 0.882 bits per heavy atom. The number of amides is 1. The van der Waals surface area contributed by atoms with Gasteiger partial charge in [-0.15, -0.1) is 0 Å². The molecular weight excluding hydrogens is 429 g/mol. The van der Waals surface area contributed by atoms with Crippen LogP contribution in [0, 0.1) is 5.82 Å². The Morgan fingerprint density at radius 2 is 1.56 bits per heavy atom. The molecule has 6 heteroatoms. The molecule has 4 aromatic rings. The average molecular weight is 458 g/mol. The quantitative estimate of drug-likeness (QED) is 0.302. The van der Waals surface area contributed by atoms with Gasteiger partial charge in [-0.3, -0.25) is 4.79 Å². The number of anilines is 1. The van der Waals surface area contributed by atoms with Crippen molar-refractivity contribution >= 4 is 11.8 Å². The van der Waals surface area contributed by atoms with E-state index in [1.165, 1.54) is 12.1 Å². The van der Waals surface area contributed by atoms with Crippen LogP contribution in [0.3, 0.4) is 0 Å². The zero-order valence-corrected chi connectivity index (χ0v) is 19.4. The molecule has 1 aromatic heterocycles. The maximum absolute atomic E-state index is 13.9. The van der Waals surface area contributed by atoms with E-state index in [1.54, 1.807) is 17.0 Å². The van der Waals surface area contributed by atoms with Crippen molar-refractivity contribution in [2.24, 2.45) is 0 Å². The van der Waals surface area contributed by atoms with Crippen molar-refractivity contribution in [3.8, 4) is 11.3 Å². The Kier molecular flexibility index (Phi) is 7.38. The zero-order valence-electron chi connectivity index (χ0n) is 19.4. The molecule has 0 bridgehead atoms. The lowest BCUT2D eigenvalue weighted by atomic mass is 10.1. The molecule has 0 N–H and O–H groups in total. The summed E-state index contributed by atoms with van der Waals surface area (Å²) in [4.78, 5) is 17.4. The van der Waals surface area contributed by atoms with Gasteiger partial charge in [0.2, 0.25) is 5.88 Å². The molecule has 0 radical (unpaired) electrons. The monoisotopic (exact) mass is 457 g/mol. The van der Waals surface area contributed by atoms with Crippen molar-refractivity contribution in [1.29, 1.82) is 0 Å². The molecule has 4 rings (SSSR count). The Balaban J connectivity index is 1.78. The van der Waals surface area contributed by atoms with Gasteiger partial charge in [0.1, 0.15) is 11.5 Å². The van der Waals surface area contributed by atoms with Gasteiger partial charge in [0.05, 0.1) is 12.1 Å². The summed E-state index contributed by atoms with van der Waals surface area (Å²) < 4.78 is 19.8. The number of carbonyl (C=O) groups excluding carboxylic acids is 1. The third-order valence-corrected chi connectivity index (χ3v) is 5.79. The normalized spacial score (nSPS) is 10.8. The largest absolute Gasteiger partial charge is 0.341 e. The molecular formula is C28H28FN3O2. The molecule has 174 valence electrons. The van der Waals surface area contributed by atoms with Crippen molar-refractivity contribution in [2.75, 3.05) is 18.0 Å². The fraction of sp³-hybridized carbons (Fsp3) is 0.214. The smallest absolute Gasteiger partial charge is 0.254 e. The van der Waals surface area contributed by atoms with Crippen molar-refractivity contribution in [1.82, 2.24) is 10.1 Å². The molecule has 3 aromatic carbocycles. The molecule has 34 heavy (non-hydrogen) atoms. The predicted octanol–water partition coefficient (Wildman–Crippen LogP) is 6.17. The van der Waals surface area contributed by atoms with Crippen LogP contribution in [-0.2, 0) is 13.1 Å². The van der Waals surface area contributed by atoms with Gasteiger partial charge in [-0.05, 0) is 37.6 Å². The number of halogens is 1. The molecule has 0 aliphatic rings. The summed E-state index contributed by atoms with van der Waals surface area (Å²) in [5.41, 5.74) is 3.73. The molecule has 1 amide bonds. The molecule has 0 fully saturated rings. The van der Waals surface area contributed by atoms with Gasteiger partial charge < -0.3 is 14.3 Å². The fourth-order valence-corrected chi connectivity index (χ4v) is 4.02. The van der Waals surface area contributed by atoms with Gasteiger partial charge in [-0.2, -0.15) is 0 Å². The molecule has 0 saturated heterocycles. The van der Waals surface area contributed by atoms with Crippen LogP contribution in [0.25, 0.3) is 11.3 Å². The first-order valence-electron chi connectivity index (χ1n) is 11.5. The van der Waals surface area contributed by atoms with E-state index in [2.05, 4.69) is 23.9 Å². The number of nitrogens with zero attached hydrogens (tertiary/aromatic N) is 3. The maximum Gasteiger partial charge on any atom is 0.254 e. The summed E-state index contributed by atoms with van der Waals surface area (Å²) in [6.45, 7) is 6.22. The van der Waals surface area contributed by atoms with Gasteiger partial charge >= 0.3 is 0 Å². The van der Waals surface area contributed by atoms with Crippen molar-refractivity contribution < 1.29 is 13.7 Å². The molecule has 0 aliphatic heterocycles. The highest BCUT2D eigenvalue weighted by atomic mass is 19.1. The van der Waals surface area contributed by atoms with Crippen LogP contribution >= 0.6 is 0 Å². The summed E-state index contributed by atoms with van der Waals surface area (Å²) in [7, 11) is 0. The number of hydrogen-bond donors (Lipinski definition) is 0. The van der Waals surface area contributed by atoms with Crippen molar-refractivity contribution in [3.05, 3.63) is 107 Å².